The Labute approximate surface area is 120 Å². The van der Waals surface area contributed by atoms with Crippen LogP contribution in [0.1, 0.15) is 61.3 Å². The second-order valence-corrected chi connectivity index (χ2v) is 6.48. The van der Waals surface area contributed by atoms with Crippen molar-refractivity contribution in [1.82, 2.24) is 4.98 Å². The smallest absolute Gasteiger partial charge is 0.186 e. The van der Waals surface area contributed by atoms with E-state index in [1.165, 1.54) is 43.4 Å². The van der Waals surface area contributed by atoms with E-state index in [0.717, 1.165) is 34.3 Å². The van der Waals surface area contributed by atoms with Crippen LogP contribution in [0.3, 0.4) is 0 Å². The van der Waals surface area contributed by atoms with Crippen LogP contribution in [0.5, 0.6) is 0 Å². The third-order valence-electron chi connectivity index (χ3n) is 4.40. The molecule has 1 heterocycles. The molecule has 1 aromatic heterocycles. The second-order valence-electron chi connectivity index (χ2n) is 5.47. The fourth-order valence-corrected chi connectivity index (χ4v) is 3.94. The van der Waals surface area contributed by atoms with Gasteiger partial charge in [-0.25, -0.2) is 4.98 Å². The van der Waals surface area contributed by atoms with Gasteiger partial charge in [0.1, 0.15) is 0 Å². The van der Waals surface area contributed by atoms with Crippen LogP contribution < -0.4 is 4.90 Å². The van der Waals surface area contributed by atoms with Crippen LogP contribution in [-0.4, -0.2) is 24.4 Å². The Morgan fingerprint density at radius 3 is 2.47 bits per heavy atom. The molecular weight excluding hydrogens is 256 g/mol. The van der Waals surface area contributed by atoms with Crippen molar-refractivity contribution in [1.29, 1.82) is 0 Å². The quantitative estimate of drug-likeness (QED) is 0.766. The monoisotopic (exact) mass is 280 g/mol. The Morgan fingerprint density at radius 2 is 2.00 bits per heavy atom. The van der Waals surface area contributed by atoms with Crippen LogP contribution in [0, 0.1) is 5.92 Å². The van der Waals surface area contributed by atoms with Crippen molar-refractivity contribution in [2.45, 2.75) is 58.4 Å². The molecule has 0 spiro atoms. The second kappa shape index (κ2) is 6.51. The molecule has 1 aromatic rings. The van der Waals surface area contributed by atoms with Gasteiger partial charge in [-0.05, 0) is 38.0 Å². The fraction of sp³-hybridized carbons (Fsp3) is 0.733. The van der Waals surface area contributed by atoms with Crippen molar-refractivity contribution in [2.75, 3.05) is 11.9 Å². The highest BCUT2D eigenvalue weighted by Crippen LogP contribution is 2.33. The third-order valence-corrected chi connectivity index (χ3v) is 5.51. The molecule has 0 N–H and O–H groups in total. The molecule has 0 atom stereocenters. The van der Waals surface area contributed by atoms with Gasteiger partial charge in [0.25, 0.3) is 0 Å². The first kappa shape index (κ1) is 14.5. The average molecular weight is 280 g/mol. The van der Waals surface area contributed by atoms with Gasteiger partial charge < -0.3 is 4.90 Å². The minimum Gasteiger partial charge on any atom is -0.348 e. The molecule has 106 valence electrons. The first-order valence-corrected chi connectivity index (χ1v) is 8.18. The maximum atomic E-state index is 11.0. The normalized spacial score (nSPS) is 23.3. The van der Waals surface area contributed by atoms with E-state index >= 15 is 0 Å². The van der Waals surface area contributed by atoms with Crippen molar-refractivity contribution in [3.8, 4) is 0 Å². The van der Waals surface area contributed by atoms with Gasteiger partial charge in [-0.3, -0.25) is 4.79 Å². The van der Waals surface area contributed by atoms with E-state index in [0.29, 0.717) is 6.04 Å². The molecule has 1 aliphatic carbocycles. The topological polar surface area (TPSA) is 33.2 Å². The number of carbonyl (C=O) groups is 1. The Kier molecular flexibility index (Phi) is 4.97. The van der Waals surface area contributed by atoms with E-state index in [2.05, 4.69) is 30.8 Å². The van der Waals surface area contributed by atoms with Crippen molar-refractivity contribution in [2.24, 2.45) is 5.92 Å². The van der Waals surface area contributed by atoms with Crippen LogP contribution in [0.15, 0.2) is 0 Å². The summed E-state index contributed by atoms with van der Waals surface area (Å²) >= 11 is 1.54. The van der Waals surface area contributed by atoms with Crippen molar-refractivity contribution in [3.05, 3.63) is 10.6 Å². The van der Waals surface area contributed by atoms with Gasteiger partial charge in [-0.2, -0.15) is 0 Å². The van der Waals surface area contributed by atoms with Gasteiger partial charge >= 0.3 is 0 Å². The van der Waals surface area contributed by atoms with E-state index < -0.39 is 0 Å². The summed E-state index contributed by atoms with van der Waals surface area (Å²) < 4.78 is 0. The molecule has 19 heavy (non-hydrogen) atoms. The third kappa shape index (κ3) is 3.16. The van der Waals surface area contributed by atoms with Crippen LogP contribution >= 0.6 is 11.3 Å². The van der Waals surface area contributed by atoms with Gasteiger partial charge in [0, 0.05) is 13.1 Å². The maximum Gasteiger partial charge on any atom is 0.186 e. The zero-order valence-electron chi connectivity index (χ0n) is 12.2. The summed E-state index contributed by atoms with van der Waals surface area (Å²) in [5, 5.41) is 1.01. The number of aldehydes is 1. The summed E-state index contributed by atoms with van der Waals surface area (Å²) in [6, 6.07) is 0.596. The number of hydrogen-bond donors (Lipinski definition) is 0. The summed E-state index contributed by atoms with van der Waals surface area (Å²) in [6.45, 7) is 4.34. The minimum atomic E-state index is 0.596. The van der Waals surface area contributed by atoms with E-state index in [1.807, 2.05) is 0 Å². The highest BCUT2D eigenvalue weighted by atomic mass is 32.1. The summed E-state index contributed by atoms with van der Waals surface area (Å²) in [7, 11) is 2.13. The minimum absolute atomic E-state index is 0.596. The molecule has 1 saturated carbocycles. The van der Waals surface area contributed by atoms with E-state index in [9.17, 15) is 4.79 Å². The molecule has 4 heteroatoms. The number of aromatic nitrogens is 1. The van der Waals surface area contributed by atoms with Crippen LogP contribution in [0.25, 0.3) is 0 Å². The van der Waals surface area contributed by atoms with E-state index in [1.54, 1.807) is 0 Å². The summed E-state index contributed by atoms with van der Waals surface area (Å²) in [5.41, 5.74) is 0.948. The van der Waals surface area contributed by atoms with Gasteiger partial charge in [0.05, 0.1) is 10.6 Å². The molecule has 0 radical (unpaired) electrons. The fourth-order valence-electron chi connectivity index (χ4n) is 2.94. The molecule has 3 nitrogen and oxygen atoms in total. The Morgan fingerprint density at radius 1 is 1.32 bits per heavy atom. The largest absolute Gasteiger partial charge is 0.348 e. The molecule has 0 saturated heterocycles. The molecule has 0 amide bonds. The van der Waals surface area contributed by atoms with Gasteiger partial charge in [-0.1, -0.05) is 31.6 Å². The van der Waals surface area contributed by atoms with Crippen molar-refractivity contribution < 1.29 is 4.79 Å². The predicted octanol–water partition coefficient (Wildman–Crippen LogP) is 3.92. The molecule has 0 bridgehead atoms. The lowest BCUT2D eigenvalue weighted by Gasteiger charge is -2.34. The highest BCUT2D eigenvalue weighted by molar-refractivity contribution is 7.17. The predicted molar refractivity (Wildman–Crippen MR) is 81.3 cm³/mol. The van der Waals surface area contributed by atoms with Crippen molar-refractivity contribution in [3.63, 3.8) is 0 Å². The highest BCUT2D eigenvalue weighted by Gasteiger charge is 2.25. The number of carbonyl (C=O) groups excluding carboxylic acids is 1. The van der Waals surface area contributed by atoms with Crippen LogP contribution in [0.2, 0.25) is 0 Å². The van der Waals surface area contributed by atoms with E-state index in [-0.39, 0.29) is 0 Å². The number of aryl methyl sites for hydroxylation is 1. The number of hydrogen-bond acceptors (Lipinski definition) is 4. The first-order chi connectivity index (χ1) is 9.19. The lowest BCUT2D eigenvalue weighted by molar-refractivity contribution is 0.112. The molecule has 1 fully saturated rings. The Hall–Kier alpha value is -0.900. The van der Waals surface area contributed by atoms with Crippen LogP contribution in [0.4, 0.5) is 5.13 Å². The zero-order valence-corrected chi connectivity index (χ0v) is 13.0. The number of nitrogens with zero attached hydrogens (tertiary/aromatic N) is 2. The van der Waals surface area contributed by atoms with Gasteiger partial charge in [-0.15, -0.1) is 0 Å². The lowest BCUT2D eigenvalue weighted by Crippen LogP contribution is -2.35. The molecule has 2 rings (SSSR count). The van der Waals surface area contributed by atoms with Gasteiger partial charge in [0.2, 0.25) is 0 Å². The lowest BCUT2D eigenvalue weighted by atomic mass is 9.84. The van der Waals surface area contributed by atoms with Gasteiger partial charge in [0.15, 0.2) is 11.4 Å². The molecule has 1 aliphatic rings. The Bertz CT molecular complexity index is 422. The van der Waals surface area contributed by atoms with Crippen LogP contribution in [-0.2, 0) is 6.42 Å². The summed E-state index contributed by atoms with van der Waals surface area (Å²) in [5.74, 6) is 0.915. The molecular formula is C15H24N2OS. The molecule has 0 aromatic carbocycles. The van der Waals surface area contributed by atoms with E-state index in [4.69, 9.17) is 0 Å². The molecule has 0 aliphatic heterocycles. The SMILES string of the molecule is CCc1nc(N(C)C2CCC(CC)CC2)sc1C=O. The molecule has 0 unspecified atom stereocenters. The van der Waals surface area contributed by atoms with Crippen molar-refractivity contribution >= 4 is 22.8 Å². The zero-order chi connectivity index (χ0) is 13.8. The average Bonchev–Trinajstić information content (AvgIpc) is 2.89. The number of thiazole rings is 1. The Balaban J connectivity index is 2.05. The maximum absolute atomic E-state index is 11.0. The number of anilines is 1. The first-order valence-electron chi connectivity index (χ1n) is 7.37. The summed E-state index contributed by atoms with van der Waals surface area (Å²) in [6.07, 6.45) is 8.26. The number of rotatable bonds is 5. The summed E-state index contributed by atoms with van der Waals surface area (Å²) in [4.78, 5) is 18.8. The standard InChI is InChI=1S/C15H24N2OS/c1-4-11-6-8-12(9-7-11)17(3)15-16-13(5-2)14(10-18)19-15/h10-12H,4-9H2,1-3H3.